The Morgan fingerprint density at radius 1 is 1.17 bits per heavy atom. The smallest absolute Gasteiger partial charge is 0.399 e. The molecule has 1 aliphatic heterocycles. The highest BCUT2D eigenvalue weighted by atomic mass is 35.5. The average Bonchev–Trinajstić information content (AvgIpc) is 2.68. The summed E-state index contributed by atoms with van der Waals surface area (Å²) < 4.78 is 12.1. The maximum atomic E-state index is 11.0. The molecule has 0 amide bonds. The topological polar surface area (TPSA) is 47.6 Å². The zero-order valence-corrected chi connectivity index (χ0v) is 15.2. The number of rotatable bonds is 6. The molecular weight excluding hydrogens is 312 g/mol. The molecule has 1 aliphatic rings. The number of hydrogen-bond acceptors (Lipinski definition) is 4. The molecule has 1 N–H and O–H groups in total. The van der Waals surface area contributed by atoms with Crippen LogP contribution in [0.2, 0.25) is 0 Å². The van der Waals surface area contributed by atoms with Gasteiger partial charge in [-0.2, -0.15) is 0 Å². The van der Waals surface area contributed by atoms with Gasteiger partial charge in [-0.3, -0.25) is 4.79 Å². The van der Waals surface area contributed by atoms with Gasteiger partial charge in [-0.05, 0) is 63.3 Å². The maximum absolute atomic E-state index is 11.0. The molecule has 1 saturated heterocycles. The molecule has 0 aliphatic carbocycles. The number of carbonyl (C=O) groups is 1. The number of carbonyl (C=O) groups excluding carboxylic acids is 1. The summed E-state index contributed by atoms with van der Waals surface area (Å²) in [6.07, 6.45) is 0.710. The molecule has 1 unspecified atom stereocenters. The van der Waals surface area contributed by atoms with Crippen molar-refractivity contribution >= 4 is 35.1 Å². The van der Waals surface area contributed by atoms with Crippen LogP contribution in [-0.2, 0) is 14.1 Å². The van der Waals surface area contributed by atoms with E-state index in [0.29, 0.717) is 13.0 Å². The Hall–Kier alpha value is -1.04. The van der Waals surface area contributed by atoms with E-state index in [9.17, 15) is 4.79 Å². The monoisotopic (exact) mass is 337 g/mol. The maximum Gasteiger partial charge on any atom is 0.494 e. The quantitative estimate of drug-likeness (QED) is 0.640. The van der Waals surface area contributed by atoms with Gasteiger partial charge < -0.3 is 14.6 Å². The Morgan fingerprint density at radius 2 is 1.70 bits per heavy atom. The van der Waals surface area contributed by atoms with Gasteiger partial charge >= 0.3 is 7.12 Å². The fourth-order valence-corrected chi connectivity index (χ4v) is 2.39. The van der Waals surface area contributed by atoms with Crippen molar-refractivity contribution in [2.75, 3.05) is 11.9 Å². The summed E-state index contributed by atoms with van der Waals surface area (Å²) >= 11 is 5.46. The van der Waals surface area contributed by atoms with E-state index in [2.05, 4.69) is 5.32 Å². The Morgan fingerprint density at radius 3 is 2.17 bits per heavy atom. The lowest BCUT2D eigenvalue weighted by Crippen LogP contribution is -2.41. The Labute approximate surface area is 144 Å². The number of nitrogens with one attached hydrogen (secondary N) is 1. The van der Waals surface area contributed by atoms with Crippen LogP contribution in [0.3, 0.4) is 0 Å². The van der Waals surface area contributed by atoms with Gasteiger partial charge in [0.1, 0.15) is 0 Å². The lowest BCUT2D eigenvalue weighted by Gasteiger charge is -2.32. The van der Waals surface area contributed by atoms with Crippen molar-refractivity contribution in [2.24, 2.45) is 5.92 Å². The molecule has 0 aromatic heterocycles. The van der Waals surface area contributed by atoms with E-state index in [-0.39, 0.29) is 29.5 Å². The second-order valence-corrected chi connectivity index (χ2v) is 7.50. The summed E-state index contributed by atoms with van der Waals surface area (Å²) in [4.78, 5) is 11.0. The van der Waals surface area contributed by atoms with Crippen molar-refractivity contribution in [3.8, 4) is 0 Å². The van der Waals surface area contributed by atoms with Crippen LogP contribution in [0.25, 0.3) is 0 Å². The molecule has 0 spiro atoms. The number of anilines is 1. The molecule has 0 radical (unpaired) electrons. The van der Waals surface area contributed by atoms with Crippen molar-refractivity contribution in [1.82, 2.24) is 0 Å². The van der Waals surface area contributed by atoms with Gasteiger partial charge in [-0.25, -0.2) is 0 Å². The first kappa shape index (κ1) is 18.3. The lowest BCUT2D eigenvalue weighted by atomic mass is 9.79. The third-order valence-corrected chi connectivity index (χ3v) is 5.10. The van der Waals surface area contributed by atoms with Crippen LogP contribution in [0.5, 0.6) is 0 Å². The minimum atomic E-state index is -0.344. The van der Waals surface area contributed by atoms with Crippen molar-refractivity contribution in [2.45, 2.75) is 52.2 Å². The first-order chi connectivity index (χ1) is 10.6. The molecule has 1 heterocycles. The molecular formula is C17H25BClNO3. The summed E-state index contributed by atoms with van der Waals surface area (Å²) in [6.45, 7) is 10.7. The lowest BCUT2D eigenvalue weighted by molar-refractivity contribution is -0.114. The zero-order valence-electron chi connectivity index (χ0n) is 14.5. The SMILES string of the molecule is CC(CCNc1ccc(B2OC(C)(C)C(C)(C)O2)cc1)C(=O)Cl. The molecule has 0 saturated carbocycles. The van der Waals surface area contributed by atoms with Crippen LogP contribution in [-0.4, -0.2) is 30.1 Å². The van der Waals surface area contributed by atoms with Crippen molar-refractivity contribution in [3.05, 3.63) is 24.3 Å². The minimum absolute atomic E-state index is 0.131. The normalized spacial score (nSPS) is 20.3. The molecule has 1 fully saturated rings. The fourth-order valence-electron chi connectivity index (χ4n) is 2.28. The van der Waals surface area contributed by atoms with Crippen molar-refractivity contribution in [3.63, 3.8) is 0 Å². The Bertz CT molecular complexity index is 543. The number of halogens is 1. The number of benzene rings is 1. The van der Waals surface area contributed by atoms with Gasteiger partial charge in [0.15, 0.2) is 0 Å². The highest BCUT2D eigenvalue weighted by Gasteiger charge is 2.51. The van der Waals surface area contributed by atoms with Crippen LogP contribution in [0.1, 0.15) is 41.0 Å². The predicted molar refractivity (Wildman–Crippen MR) is 95.3 cm³/mol. The van der Waals surface area contributed by atoms with Gasteiger partial charge in [-0.15, -0.1) is 0 Å². The Balaban J connectivity index is 1.92. The first-order valence-electron chi connectivity index (χ1n) is 8.01. The second kappa shape index (κ2) is 6.84. The summed E-state index contributed by atoms with van der Waals surface area (Å²) in [7, 11) is -0.344. The van der Waals surface area contributed by atoms with E-state index in [1.54, 1.807) is 0 Å². The molecule has 2 rings (SSSR count). The zero-order chi connectivity index (χ0) is 17.3. The number of hydrogen-bond donors (Lipinski definition) is 1. The third kappa shape index (κ3) is 4.28. The van der Waals surface area contributed by atoms with Gasteiger partial charge in [0.05, 0.1) is 11.2 Å². The van der Waals surface area contributed by atoms with Gasteiger partial charge in [-0.1, -0.05) is 19.1 Å². The molecule has 1 atom stereocenters. The molecule has 6 heteroatoms. The largest absolute Gasteiger partial charge is 0.494 e. The summed E-state index contributed by atoms with van der Waals surface area (Å²) in [5.41, 5.74) is 1.33. The minimum Gasteiger partial charge on any atom is -0.399 e. The van der Waals surface area contributed by atoms with E-state index >= 15 is 0 Å². The summed E-state index contributed by atoms with van der Waals surface area (Å²) in [6, 6.07) is 7.99. The van der Waals surface area contributed by atoms with E-state index < -0.39 is 0 Å². The summed E-state index contributed by atoms with van der Waals surface area (Å²) in [5, 5.41) is 3.00. The van der Waals surface area contributed by atoms with Crippen LogP contribution < -0.4 is 10.8 Å². The molecule has 1 aromatic rings. The van der Waals surface area contributed by atoms with Crippen molar-refractivity contribution < 1.29 is 14.1 Å². The predicted octanol–water partition coefficient (Wildman–Crippen LogP) is 3.19. The molecule has 23 heavy (non-hydrogen) atoms. The van der Waals surface area contributed by atoms with Gasteiger partial charge in [0.2, 0.25) is 5.24 Å². The fraction of sp³-hybridized carbons (Fsp3) is 0.588. The molecule has 4 nitrogen and oxygen atoms in total. The summed E-state index contributed by atoms with van der Waals surface area (Å²) in [5.74, 6) is -0.131. The average molecular weight is 338 g/mol. The van der Waals surface area contributed by atoms with E-state index in [4.69, 9.17) is 20.9 Å². The first-order valence-corrected chi connectivity index (χ1v) is 8.39. The molecule has 0 bridgehead atoms. The Kier molecular flexibility index (Phi) is 5.44. The van der Waals surface area contributed by atoms with Crippen LogP contribution in [0, 0.1) is 5.92 Å². The van der Waals surface area contributed by atoms with Gasteiger partial charge in [0.25, 0.3) is 0 Å². The van der Waals surface area contributed by atoms with Crippen LogP contribution in [0.4, 0.5) is 5.69 Å². The van der Waals surface area contributed by atoms with Crippen molar-refractivity contribution in [1.29, 1.82) is 0 Å². The third-order valence-electron chi connectivity index (χ3n) is 4.73. The van der Waals surface area contributed by atoms with Crippen LogP contribution >= 0.6 is 11.6 Å². The molecule has 1 aromatic carbocycles. The van der Waals surface area contributed by atoms with E-state index in [1.807, 2.05) is 58.9 Å². The standard InChI is InChI=1S/C17H25BClNO3/c1-12(15(19)21)10-11-20-14-8-6-13(7-9-14)18-22-16(2,3)17(4,5)23-18/h6-9,12,20H,10-11H2,1-5H3. The highest BCUT2D eigenvalue weighted by Crippen LogP contribution is 2.36. The van der Waals surface area contributed by atoms with Gasteiger partial charge in [0, 0.05) is 18.2 Å². The molecule has 126 valence electrons. The van der Waals surface area contributed by atoms with E-state index in [0.717, 1.165) is 11.2 Å². The van der Waals surface area contributed by atoms with Crippen LogP contribution in [0.15, 0.2) is 24.3 Å². The second-order valence-electron chi connectivity index (χ2n) is 7.13. The highest BCUT2D eigenvalue weighted by molar-refractivity contribution is 6.64. The van der Waals surface area contributed by atoms with E-state index in [1.165, 1.54) is 0 Å².